The number of carbonyl (C=O) groups is 2. The van der Waals surface area contributed by atoms with Gasteiger partial charge in [-0.2, -0.15) is 0 Å². The highest BCUT2D eigenvalue weighted by Crippen LogP contribution is 2.19. The van der Waals surface area contributed by atoms with Crippen LogP contribution >= 0.6 is 0 Å². The molecule has 0 aliphatic rings. The standard InChI is InChI=1S/C22H28N2O4S/c1-15(2)14-20(25)24-21(18-8-6-5-7-9-18)22(26)23-16(3)17-10-12-19(13-11-17)29(4,27)28/h5-13,15-16,21H,14H2,1-4H3,(H,23,26)(H,24,25). The quantitative estimate of drug-likeness (QED) is 0.691. The maximum Gasteiger partial charge on any atom is 0.247 e. The number of nitrogens with one attached hydrogen (secondary N) is 2. The number of carbonyl (C=O) groups excluding carboxylic acids is 2. The molecule has 0 radical (unpaired) electrons. The monoisotopic (exact) mass is 416 g/mol. The largest absolute Gasteiger partial charge is 0.347 e. The van der Waals surface area contributed by atoms with E-state index in [1.165, 1.54) is 12.1 Å². The van der Waals surface area contributed by atoms with Crippen LogP contribution in [0.25, 0.3) is 0 Å². The summed E-state index contributed by atoms with van der Waals surface area (Å²) >= 11 is 0. The van der Waals surface area contributed by atoms with Gasteiger partial charge in [0, 0.05) is 12.7 Å². The van der Waals surface area contributed by atoms with Crippen LogP contribution in [0.5, 0.6) is 0 Å². The second-order valence-corrected chi connectivity index (χ2v) is 9.60. The van der Waals surface area contributed by atoms with Crippen LogP contribution in [0.2, 0.25) is 0 Å². The molecule has 0 fully saturated rings. The molecule has 0 spiro atoms. The van der Waals surface area contributed by atoms with E-state index < -0.39 is 15.9 Å². The minimum absolute atomic E-state index is 0.182. The van der Waals surface area contributed by atoms with Crippen molar-refractivity contribution in [2.24, 2.45) is 5.92 Å². The van der Waals surface area contributed by atoms with Crippen LogP contribution in [0, 0.1) is 5.92 Å². The van der Waals surface area contributed by atoms with Crippen molar-refractivity contribution in [1.82, 2.24) is 10.6 Å². The molecule has 7 heteroatoms. The molecule has 6 nitrogen and oxygen atoms in total. The molecule has 2 rings (SSSR count). The van der Waals surface area contributed by atoms with Crippen LogP contribution in [0.3, 0.4) is 0 Å². The summed E-state index contributed by atoms with van der Waals surface area (Å²) in [5.74, 6) is -0.330. The minimum Gasteiger partial charge on any atom is -0.347 e. The summed E-state index contributed by atoms with van der Waals surface area (Å²) in [4.78, 5) is 25.5. The molecule has 2 aromatic carbocycles. The first kappa shape index (κ1) is 22.6. The fourth-order valence-corrected chi connectivity index (χ4v) is 3.55. The Balaban J connectivity index is 2.17. The van der Waals surface area contributed by atoms with E-state index >= 15 is 0 Å². The molecule has 2 atom stereocenters. The summed E-state index contributed by atoms with van der Waals surface area (Å²) in [5.41, 5.74) is 1.47. The number of sulfone groups is 1. The van der Waals surface area contributed by atoms with Crippen molar-refractivity contribution in [2.45, 2.75) is 44.2 Å². The molecule has 2 unspecified atom stereocenters. The smallest absolute Gasteiger partial charge is 0.247 e. The lowest BCUT2D eigenvalue weighted by molar-refractivity contribution is -0.130. The second-order valence-electron chi connectivity index (χ2n) is 7.58. The minimum atomic E-state index is -3.28. The van der Waals surface area contributed by atoms with Crippen molar-refractivity contribution in [2.75, 3.05) is 6.26 Å². The Hall–Kier alpha value is -2.67. The molecule has 2 N–H and O–H groups in total. The van der Waals surface area contributed by atoms with Gasteiger partial charge >= 0.3 is 0 Å². The molecule has 0 aromatic heterocycles. The Bertz CT molecular complexity index is 939. The fraction of sp³-hybridized carbons (Fsp3) is 0.364. The highest BCUT2D eigenvalue weighted by atomic mass is 32.2. The average molecular weight is 417 g/mol. The van der Waals surface area contributed by atoms with Crippen LogP contribution in [0.4, 0.5) is 0 Å². The second kappa shape index (κ2) is 9.69. The Morgan fingerprint density at radius 3 is 1.97 bits per heavy atom. The van der Waals surface area contributed by atoms with E-state index in [0.717, 1.165) is 11.8 Å². The van der Waals surface area contributed by atoms with Crippen LogP contribution in [-0.2, 0) is 19.4 Å². The molecule has 0 bridgehead atoms. The molecule has 2 amide bonds. The summed E-state index contributed by atoms with van der Waals surface area (Å²) in [6, 6.07) is 14.3. The molecule has 0 heterocycles. The van der Waals surface area contributed by atoms with Gasteiger partial charge in [-0.1, -0.05) is 56.3 Å². The highest BCUT2D eigenvalue weighted by molar-refractivity contribution is 7.90. The first-order valence-electron chi connectivity index (χ1n) is 9.52. The summed E-state index contributed by atoms with van der Waals surface area (Å²) in [5, 5.41) is 5.73. The van der Waals surface area contributed by atoms with Gasteiger partial charge in [-0.15, -0.1) is 0 Å². The van der Waals surface area contributed by atoms with Crippen LogP contribution in [0.1, 0.15) is 50.4 Å². The van der Waals surface area contributed by atoms with Gasteiger partial charge in [-0.25, -0.2) is 8.42 Å². The van der Waals surface area contributed by atoms with E-state index in [-0.39, 0.29) is 28.7 Å². The van der Waals surface area contributed by atoms with E-state index in [4.69, 9.17) is 0 Å². The van der Waals surface area contributed by atoms with E-state index in [2.05, 4.69) is 10.6 Å². The fourth-order valence-electron chi connectivity index (χ4n) is 2.92. The maximum atomic E-state index is 13.0. The van der Waals surface area contributed by atoms with Crippen LogP contribution in [0.15, 0.2) is 59.5 Å². The topological polar surface area (TPSA) is 92.3 Å². The number of rotatable bonds is 8. The average Bonchev–Trinajstić information content (AvgIpc) is 2.65. The highest BCUT2D eigenvalue weighted by Gasteiger charge is 2.24. The van der Waals surface area contributed by atoms with Gasteiger partial charge in [0.05, 0.1) is 10.9 Å². The molecular formula is C22H28N2O4S. The lowest BCUT2D eigenvalue weighted by Gasteiger charge is -2.22. The van der Waals surface area contributed by atoms with Crippen molar-refractivity contribution in [3.8, 4) is 0 Å². The third kappa shape index (κ3) is 6.71. The summed E-state index contributed by atoms with van der Waals surface area (Å²) in [6.07, 6.45) is 1.48. The molecule has 0 saturated carbocycles. The van der Waals surface area contributed by atoms with Gasteiger partial charge in [0.25, 0.3) is 0 Å². The van der Waals surface area contributed by atoms with Crippen molar-refractivity contribution in [1.29, 1.82) is 0 Å². The zero-order chi connectivity index (χ0) is 21.6. The van der Waals surface area contributed by atoms with Crippen molar-refractivity contribution >= 4 is 21.7 Å². The van der Waals surface area contributed by atoms with E-state index in [1.54, 1.807) is 24.3 Å². The number of amides is 2. The lowest BCUT2D eigenvalue weighted by atomic mass is 10.0. The van der Waals surface area contributed by atoms with E-state index in [0.29, 0.717) is 12.0 Å². The molecule has 29 heavy (non-hydrogen) atoms. The summed E-state index contributed by atoms with van der Waals surface area (Å²) < 4.78 is 23.2. The van der Waals surface area contributed by atoms with Crippen molar-refractivity contribution in [3.05, 3.63) is 65.7 Å². The normalized spacial score (nSPS) is 13.6. The van der Waals surface area contributed by atoms with Gasteiger partial charge in [0.2, 0.25) is 11.8 Å². The van der Waals surface area contributed by atoms with Gasteiger partial charge in [0.1, 0.15) is 6.04 Å². The molecule has 0 aliphatic heterocycles. The molecule has 2 aromatic rings. The molecule has 0 aliphatic carbocycles. The first-order valence-corrected chi connectivity index (χ1v) is 11.4. The van der Waals surface area contributed by atoms with E-state index in [1.807, 2.05) is 39.0 Å². The third-order valence-electron chi connectivity index (χ3n) is 4.46. The summed E-state index contributed by atoms with van der Waals surface area (Å²) in [6.45, 7) is 5.70. The number of hydrogen-bond acceptors (Lipinski definition) is 4. The van der Waals surface area contributed by atoms with Gasteiger partial charge < -0.3 is 10.6 Å². The van der Waals surface area contributed by atoms with Crippen LogP contribution in [-0.4, -0.2) is 26.5 Å². The Morgan fingerprint density at radius 2 is 1.45 bits per heavy atom. The Morgan fingerprint density at radius 1 is 0.862 bits per heavy atom. The van der Waals surface area contributed by atoms with Gasteiger partial charge in [0.15, 0.2) is 9.84 Å². The number of benzene rings is 2. The van der Waals surface area contributed by atoms with Gasteiger partial charge in [-0.05, 0) is 36.1 Å². The SMILES string of the molecule is CC(C)CC(=O)NC(C(=O)NC(C)c1ccc(S(C)(=O)=O)cc1)c1ccccc1. The van der Waals surface area contributed by atoms with Crippen LogP contribution < -0.4 is 10.6 Å². The molecular weight excluding hydrogens is 388 g/mol. The van der Waals surface area contributed by atoms with Crippen molar-refractivity contribution in [3.63, 3.8) is 0 Å². The predicted octanol–water partition coefficient (Wildman–Crippen LogP) is 3.17. The molecule has 156 valence electrons. The molecule has 0 saturated heterocycles. The third-order valence-corrected chi connectivity index (χ3v) is 5.59. The maximum absolute atomic E-state index is 13.0. The summed E-state index contributed by atoms with van der Waals surface area (Å²) in [7, 11) is -3.28. The Labute approximate surface area is 172 Å². The van der Waals surface area contributed by atoms with Crippen molar-refractivity contribution < 1.29 is 18.0 Å². The number of hydrogen-bond donors (Lipinski definition) is 2. The predicted molar refractivity (Wildman–Crippen MR) is 113 cm³/mol. The van der Waals surface area contributed by atoms with E-state index in [9.17, 15) is 18.0 Å². The first-order chi connectivity index (χ1) is 13.6. The lowest BCUT2D eigenvalue weighted by Crippen LogP contribution is -2.41. The van der Waals surface area contributed by atoms with Gasteiger partial charge in [-0.3, -0.25) is 9.59 Å². The Kier molecular flexibility index (Phi) is 7.56. The zero-order valence-electron chi connectivity index (χ0n) is 17.2. The zero-order valence-corrected chi connectivity index (χ0v) is 18.0.